The van der Waals surface area contributed by atoms with Gasteiger partial charge in [-0.1, -0.05) is 49.7 Å². The number of fused-ring (bicyclic) bond motifs is 1. The number of ether oxygens (including phenoxy) is 2. The number of halogens is 1. The molecular weight excluding hydrogens is 532 g/mol. The van der Waals surface area contributed by atoms with Gasteiger partial charge < -0.3 is 24.4 Å². The number of aliphatic hydroxyl groups excluding tert-OH is 1. The van der Waals surface area contributed by atoms with Crippen LogP contribution in [-0.2, 0) is 23.9 Å². The van der Waals surface area contributed by atoms with Crippen molar-refractivity contribution >= 4 is 35.1 Å². The Hall–Kier alpha value is -2.68. The number of hydrogen-bond acceptors (Lipinski definition) is 6. The Balaban J connectivity index is 1.78. The normalized spacial score (nSPS) is 31.1. The van der Waals surface area contributed by atoms with Gasteiger partial charge in [0.05, 0.1) is 41.5 Å². The number of rotatable bonds is 13. The Morgan fingerprint density at radius 3 is 2.65 bits per heavy atom. The van der Waals surface area contributed by atoms with Gasteiger partial charge in [0.15, 0.2) is 0 Å². The number of hydrogen-bond donors (Lipinski definition) is 1. The molecule has 1 aromatic carbocycles. The van der Waals surface area contributed by atoms with Crippen molar-refractivity contribution in [2.75, 3.05) is 24.7 Å². The van der Waals surface area contributed by atoms with Gasteiger partial charge in [-0.25, -0.2) is 0 Å². The van der Waals surface area contributed by atoms with Crippen molar-refractivity contribution in [3.8, 4) is 0 Å². The summed E-state index contributed by atoms with van der Waals surface area (Å²) in [4.78, 5) is 45.5. The maximum atomic E-state index is 14.6. The molecule has 3 saturated heterocycles. The number of anilines is 1. The highest BCUT2D eigenvalue weighted by atomic mass is 35.5. The predicted molar refractivity (Wildman–Crippen MR) is 154 cm³/mol. The number of para-hydroxylation sites is 1. The third kappa shape index (κ3) is 4.78. The smallest absolute Gasteiger partial charge is 0.312 e. The number of carbonyl (C=O) groups excluding carboxylic acids is 3. The zero-order chi connectivity index (χ0) is 29.2. The fourth-order valence-corrected chi connectivity index (χ4v) is 7.27. The summed E-state index contributed by atoms with van der Waals surface area (Å²) in [6, 6.07) is 5.32. The molecule has 2 bridgehead atoms. The zero-order valence-corrected chi connectivity index (χ0v) is 24.4. The number of allylic oxidation sites excluding steroid dienone is 1. The van der Waals surface area contributed by atoms with Gasteiger partial charge in [-0.05, 0) is 57.1 Å². The molecule has 0 radical (unpaired) electrons. The van der Waals surface area contributed by atoms with Crippen LogP contribution >= 0.6 is 11.6 Å². The first-order valence-corrected chi connectivity index (χ1v) is 14.6. The minimum absolute atomic E-state index is 0.118. The average molecular weight is 573 g/mol. The number of amides is 2. The van der Waals surface area contributed by atoms with Crippen molar-refractivity contribution in [1.29, 1.82) is 0 Å². The van der Waals surface area contributed by atoms with E-state index in [0.29, 0.717) is 30.0 Å². The fourth-order valence-electron chi connectivity index (χ4n) is 7.03. The van der Waals surface area contributed by atoms with Crippen LogP contribution in [0.5, 0.6) is 0 Å². The molecule has 3 unspecified atom stereocenters. The molecule has 3 heterocycles. The summed E-state index contributed by atoms with van der Waals surface area (Å²) in [5, 5.41) is 10.7. The van der Waals surface area contributed by atoms with Gasteiger partial charge in [-0.15, -0.1) is 13.2 Å². The molecule has 3 fully saturated rings. The second-order valence-electron chi connectivity index (χ2n) is 11.3. The van der Waals surface area contributed by atoms with Gasteiger partial charge in [0.2, 0.25) is 5.91 Å². The first kappa shape index (κ1) is 30.3. The van der Waals surface area contributed by atoms with Crippen LogP contribution in [0.25, 0.3) is 0 Å². The summed E-state index contributed by atoms with van der Waals surface area (Å²) in [5.74, 6) is -3.11. The monoisotopic (exact) mass is 572 g/mol. The lowest BCUT2D eigenvalue weighted by Crippen LogP contribution is -2.59. The van der Waals surface area contributed by atoms with E-state index in [2.05, 4.69) is 13.2 Å². The van der Waals surface area contributed by atoms with Crippen LogP contribution in [0.15, 0.2) is 49.6 Å². The molecule has 1 N–H and O–H groups in total. The lowest BCUT2D eigenvalue weighted by molar-refractivity contribution is -0.162. The summed E-state index contributed by atoms with van der Waals surface area (Å²) in [7, 11) is 0. The van der Waals surface area contributed by atoms with Crippen molar-refractivity contribution in [2.45, 2.75) is 76.2 Å². The molecule has 2 amide bonds. The quantitative estimate of drug-likeness (QED) is 0.212. The molecule has 0 aliphatic carbocycles. The first-order chi connectivity index (χ1) is 19.1. The van der Waals surface area contributed by atoms with Crippen molar-refractivity contribution < 1.29 is 29.0 Å². The van der Waals surface area contributed by atoms with Crippen LogP contribution in [0.1, 0.15) is 52.9 Å². The molecule has 40 heavy (non-hydrogen) atoms. The topological polar surface area (TPSA) is 96.4 Å². The Morgan fingerprint density at radius 1 is 1.30 bits per heavy atom. The lowest BCUT2D eigenvalue weighted by Gasteiger charge is -2.39. The van der Waals surface area contributed by atoms with Crippen molar-refractivity contribution in [1.82, 2.24) is 4.90 Å². The van der Waals surface area contributed by atoms with E-state index in [4.69, 9.17) is 21.1 Å². The van der Waals surface area contributed by atoms with E-state index in [0.717, 1.165) is 12.8 Å². The van der Waals surface area contributed by atoms with E-state index >= 15 is 0 Å². The molecule has 218 valence electrons. The summed E-state index contributed by atoms with van der Waals surface area (Å²) in [6.45, 7) is 13.3. The summed E-state index contributed by atoms with van der Waals surface area (Å²) < 4.78 is 12.5. The standard InChI is InChI=1S/C31H41ClN2O6/c1-6-9-10-13-17-39-29(38)25-24-27(36)34(21(8-3)19-35)26(31(24)18-20(4)30(25,5)40-31)28(37)33(16-7-2)23-15-12-11-14-22(23)32/h6-7,11-12,14-15,20-21,24-26,35H,1-2,8-10,13,16-19H2,3-5H3/t20?,21-,24-,25+,26?,30-,31?/m0/s1. The van der Waals surface area contributed by atoms with Crippen molar-refractivity contribution in [3.05, 3.63) is 54.6 Å². The molecule has 4 rings (SSSR count). The lowest BCUT2D eigenvalue weighted by atomic mass is 9.62. The summed E-state index contributed by atoms with van der Waals surface area (Å²) >= 11 is 6.52. The maximum absolute atomic E-state index is 14.6. The highest BCUT2D eigenvalue weighted by Gasteiger charge is 2.80. The Labute approximate surface area is 241 Å². The number of aliphatic hydroxyl groups is 1. The largest absolute Gasteiger partial charge is 0.465 e. The molecule has 8 nitrogen and oxygen atoms in total. The van der Waals surface area contributed by atoms with Crippen LogP contribution < -0.4 is 4.90 Å². The van der Waals surface area contributed by atoms with E-state index in [-0.39, 0.29) is 37.5 Å². The summed E-state index contributed by atoms with van der Waals surface area (Å²) in [5.41, 5.74) is -1.74. The van der Waals surface area contributed by atoms with Crippen molar-refractivity contribution in [3.63, 3.8) is 0 Å². The van der Waals surface area contributed by atoms with Crippen molar-refractivity contribution in [2.24, 2.45) is 17.8 Å². The van der Waals surface area contributed by atoms with Gasteiger partial charge in [0.1, 0.15) is 17.6 Å². The minimum atomic E-state index is -1.25. The van der Waals surface area contributed by atoms with Gasteiger partial charge in [-0.2, -0.15) is 0 Å². The highest BCUT2D eigenvalue weighted by Crippen LogP contribution is 2.65. The number of benzene rings is 1. The minimum Gasteiger partial charge on any atom is -0.465 e. The molecule has 3 aliphatic rings. The van der Waals surface area contributed by atoms with Gasteiger partial charge in [-0.3, -0.25) is 14.4 Å². The third-order valence-corrected chi connectivity index (χ3v) is 9.40. The number of esters is 1. The molecular formula is C31H41ClN2O6. The van der Waals surface area contributed by atoms with E-state index in [1.165, 1.54) is 9.80 Å². The Bertz CT molecular complexity index is 1150. The van der Waals surface area contributed by atoms with E-state index in [1.54, 1.807) is 30.3 Å². The van der Waals surface area contributed by atoms with Crippen LogP contribution in [0.4, 0.5) is 5.69 Å². The third-order valence-electron chi connectivity index (χ3n) is 9.08. The highest BCUT2D eigenvalue weighted by molar-refractivity contribution is 6.34. The van der Waals surface area contributed by atoms with E-state index < -0.39 is 41.1 Å². The molecule has 0 aromatic heterocycles. The van der Waals surface area contributed by atoms with Gasteiger partial charge in [0.25, 0.3) is 5.91 Å². The molecule has 1 spiro atoms. The van der Waals surface area contributed by atoms with Crippen LogP contribution in [0.2, 0.25) is 5.02 Å². The number of nitrogens with zero attached hydrogens (tertiary/aromatic N) is 2. The SMILES string of the molecule is C=CCCCCOC(=O)[C@H]1[C@H]2C(=O)N([C@@H](CC)CO)C(C(=O)N(CC=C)c3ccccc3Cl)C23CC(C)[C@]1(C)O3. The predicted octanol–water partition coefficient (Wildman–Crippen LogP) is 4.54. The molecule has 3 aliphatic heterocycles. The second kappa shape index (κ2) is 12.0. The Kier molecular flexibility index (Phi) is 9.12. The molecule has 7 atom stereocenters. The second-order valence-corrected chi connectivity index (χ2v) is 11.7. The zero-order valence-electron chi connectivity index (χ0n) is 23.7. The average Bonchev–Trinajstić information content (AvgIpc) is 3.45. The van der Waals surface area contributed by atoms with E-state index in [1.807, 2.05) is 26.8 Å². The molecule has 9 heteroatoms. The molecule has 1 aromatic rings. The van der Waals surface area contributed by atoms with Crippen LogP contribution in [0.3, 0.4) is 0 Å². The van der Waals surface area contributed by atoms with Gasteiger partial charge >= 0.3 is 5.97 Å². The molecule has 0 saturated carbocycles. The van der Waals surface area contributed by atoms with Gasteiger partial charge in [0, 0.05) is 6.54 Å². The number of likely N-dealkylation sites (tertiary alicyclic amines) is 1. The maximum Gasteiger partial charge on any atom is 0.312 e. The van der Waals surface area contributed by atoms with Crippen LogP contribution in [0, 0.1) is 17.8 Å². The number of carbonyl (C=O) groups is 3. The summed E-state index contributed by atoms with van der Waals surface area (Å²) in [6.07, 6.45) is 6.63. The van der Waals surface area contributed by atoms with Crippen LogP contribution in [-0.4, -0.2) is 70.8 Å². The first-order valence-electron chi connectivity index (χ1n) is 14.2. The van der Waals surface area contributed by atoms with E-state index in [9.17, 15) is 19.5 Å². The number of unbranched alkanes of at least 4 members (excludes halogenated alkanes) is 2. The Morgan fingerprint density at radius 2 is 2.02 bits per heavy atom. The fraction of sp³-hybridized carbons (Fsp3) is 0.581.